The van der Waals surface area contributed by atoms with E-state index in [1.165, 1.54) is 27.8 Å². The molecule has 2 aromatic rings. The molecule has 1 unspecified atom stereocenters. The van der Waals surface area contributed by atoms with E-state index in [0.717, 1.165) is 36.9 Å². The first-order valence-electron chi connectivity index (χ1n) is 11.8. The van der Waals surface area contributed by atoms with Crippen molar-refractivity contribution in [3.8, 4) is 0 Å². The Bertz CT molecular complexity index is 1200. The van der Waals surface area contributed by atoms with Crippen LogP contribution in [-0.4, -0.2) is 10.8 Å². The molecule has 2 aliphatic rings. The van der Waals surface area contributed by atoms with Gasteiger partial charge in [-0.1, -0.05) is 59.1 Å². The molecule has 2 aromatic carbocycles. The third kappa shape index (κ3) is 5.94. The monoisotopic (exact) mass is 511 g/mol. The van der Waals surface area contributed by atoms with E-state index in [4.69, 9.17) is 40.2 Å². The average molecular weight is 513 g/mol. The molecular formula is C29H31Cl2NOS. The summed E-state index contributed by atoms with van der Waals surface area (Å²) in [4.78, 5) is 0. The number of aryl methyl sites for hydroxylation is 1. The number of nitrogens with one attached hydrogen (secondary N) is 1. The molecule has 0 aromatic heterocycles. The van der Waals surface area contributed by atoms with Crippen LogP contribution in [0, 0.1) is 5.92 Å². The second kappa shape index (κ2) is 10.3. The molecule has 0 fully saturated rings. The van der Waals surface area contributed by atoms with Gasteiger partial charge in [-0.25, -0.2) is 0 Å². The summed E-state index contributed by atoms with van der Waals surface area (Å²) >= 11 is 18.4. The second-order valence-corrected chi connectivity index (χ2v) is 11.2. The Hall–Kier alpha value is -2.07. The van der Waals surface area contributed by atoms with E-state index in [1.807, 2.05) is 32.9 Å². The molecule has 5 heteroatoms. The Balaban J connectivity index is 1.79. The molecule has 2 nitrogen and oxygen atoms in total. The minimum atomic E-state index is -0.336. The van der Waals surface area contributed by atoms with Crippen LogP contribution in [0.2, 0.25) is 10.0 Å². The van der Waals surface area contributed by atoms with Gasteiger partial charge in [-0.05, 0) is 118 Å². The number of allylic oxidation sites excluding steroid dienone is 6. The highest BCUT2D eigenvalue weighted by Crippen LogP contribution is 2.45. The normalized spacial score (nSPS) is 18.2. The van der Waals surface area contributed by atoms with Crippen LogP contribution in [0.4, 0.5) is 5.69 Å². The molecule has 34 heavy (non-hydrogen) atoms. The molecule has 0 bridgehead atoms. The van der Waals surface area contributed by atoms with Gasteiger partial charge in [-0.2, -0.15) is 0 Å². The lowest BCUT2D eigenvalue weighted by molar-refractivity contribution is 0.121. The molecule has 178 valence electrons. The Morgan fingerprint density at radius 3 is 2.50 bits per heavy atom. The topological polar surface area (TPSA) is 21.3 Å². The summed E-state index contributed by atoms with van der Waals surface area (Å²) in [6, 6.07) is 12.4. The first kappa shape index (κ1) is 25.0. The number of halogens is 2. The van der Waals surface area contributed by atoms with Crippen molar-refractivity contribution < 1.29 is 4.74 Å². The van der Waals surface area contributed by atoms with Crippen LogP contribution in [0.15, 0.2) is 60.2 Å². The van der Waals surface area contributed by atoms with Gasteiger partial charge in [-0.3, -0.25) is 0 Å². The fourth-order valence-electron chi connectivity index (χ4n) is 4.69. The summed E-state index contributed by atoms with van der Waals surface area (Å²) < 4.78 is 5.80. The van der Waals surface area contributed by atoms with Crippen LogP contribution in [0.25, 0.3) is 11.1 Å². The first-order valence-corrected chi connectivity index (χ1v) is 12.9. The highest BCUT2D eigenvalue weighted by Gasteiger charge is 2.26. The van der Waals surface area contributed by atoms with Gasteiger partial charge in [0, 0.05) is 21.7 Å². The molecular weight excluding hydrogens is 481 g/mol. The van der Waals surface area contributed by atoms with E-state index in [0.29, 0.717) is 21.1 Å². The largest absolute Gasteiger partial charge is 0.465 e. The van der Waals surface area contributed by atoms with Crippen molar-refractivity contribution in [2.75, 3.05) is 5.32 Å². The highest BCUT2D eigenvalue weighted by molar-refractivity contribution is 7.80. The maximum atomic E-state index is 6.72. The number of anilines is 1. The van der Waals surface area contributed by atoms with Gasteiger partial charge in [0.2, 0.25) is 0 Å². The predicted octanol–water partition coefficient (Wildman–Crippen LogP) is 9.27. The van der Waals surface area contributed by atoms with Crippen LogP contribution in [0.3, 0.4) is 0 Å². The number of thiocarbonyl (C=S) groups is 1. The van der Waals surface area contributed by atoms with Gasteiger partial charge >= 0.3 is 0 Å². The molecule has 0 heterocycles. The molecule has 2 aliphatic carbocycles. The van der Waals surface area contributed by atoms with Gasteiger partial charge in [0.05, 0.1) is 0 Å². The highest BCUT2D eigenvalue weighted by atomic mass is 35.5. The Morgan fingerprint density at radius 1 is 1.06 bits per heavy atom. The number of hydrogen-bond acceptors (Lipinski definition) is 2. The Kier molecular flexibility index (Phi) is 7.57. The molecule has 0 aliphatic heterocycles. The van der Waals surface area contributed by atoms with Gasteiger partial charge in [-0.15, -0.1) is 0 Å². The third-order valence-electron chi connectivity index (χ3n) is 6.15. The fourth-order valence-corrected chi connectivity index (χ4v) is 5.58. The minimum absolute atomic E-state index is 0.298. The number of rotatable bonds is 3. The van der Waals surface area contributed by atoms with E-state index in [2.05, 4.69) is 54.7 Å². The zero-order valence-electron chi connectivity index (χ0n) is 20.2. The van der Waals surface area contributed by atoms with Gasteiger partial charge in [0.15, 0.2) is 0 Å². The van der Waals surface area contributed by atoms with Crippen molar-refractivity contribution in [1.82, 2.24) is 0 Å². The van der Waals surface area contributed by atoms with E-state index >= 15 is 0 Å². The van der Waals surface area contributed by atoms with E-state index < -0.39 is 0 Å². The summed E-state index contributed by atoms with van der Waals surface area (Å²) in [5, 5.41) is 5.02. The van der Waals surface area contributed by atoms with Crippen molar-refractivity contribution in [1.29, 1.82) is 0 Å². The zero-order chi connectivity index (χ0) is 24.5. The summed E-state index contributed by atoms with van der Waals surface area (Å²) in [5.41, 5.74) is 8.28. The molecule has 1 N–H and O–H groups in total. The third-order valence-corrected chi connectivity index (χ3v) is 6.88. The quantitative estimate of drug-likeness (QED) is 0.414. The van der Waals surface area contributed by atoms with Crippen LogP contribution in [-0.2, 0) is 11.2 Å². The average Bonchev–Trinajstić information content (AvgIpc) is 2.92. The van der Waals surface area contributed by atoms with E-state index in [1.54, 1.807) is 0 Å². The van der Waals surface area contributed by atoms with Crippen molar-refractivity contribution in [3.05, 3.63) is 86.9 Å². The van der Waals surface area contributed by atoms with Crippen LogP contribution in [0.5, 0.6) is 0 Å². The SMILES string of the molecule is CC1=CCC(C2=C(c3ccc(Cl)cc3Cl)CCCc3cc(NC(=S)OC(C)(C)C)ccc32)C=C1. The molecule has 0 amide bonds. The fraction of sp³-hybridized carbons (Fsp3) is 0.345. The maximum Gasteiger partial charge on any atom is 0.261 e. The van der Waals surface area contributed by atoms with E-state index in [9.17, 15) is 0 Å². The van der Waals surface area contributed by atoms with Gasteiger partial charge < -0.3 is 10.1 Å². The molecule has 4 rings (SSSR count). The van der Waals surface area contributed by atoms with Gasteiger partial charge in [0.1, 0.15) is 5.60 Å². The zero-order valence-corrected chi connectivity index (χ0v) is 22.5. The molecule has 0 saturated heterocycles. The summed E-state index contributed by atoms with van der Waals surface area (Å²) in [7, 11) is 0. The van der Waals surface area contributed by atoms with Crippen LogP contribution in [0.1, 0.15) is 63.6 Å². The maximum absolute atomic E-state index is 6.72. The van der Waals surface area contributed by atoms with Crippen molar-refractivity contribution in [3.63, 3.8) is 0 Å². The predicted molar refractivity (Wildman–Crippen MR) is 151 cm³/mol. The standard InChI is InChI=1S/C29H31Cl2NOS/c1-18-8-10-19(11-9-18)27-23-15-13-22(32-28(34)33-29(2,3)4)16-20(23)6-5-7-25(27)24-14-12-21(30)17-26(24)31/h8-10,12-17,19H,5-7,11H2,1-4H3,(H,32,34). The summed E-state index contributed by atoms with van der Waals surface area (Å²) in [6.07, 6.45) is 10.9. The van der Waals surface area contributed by atoms with E-state index in [-0.39, 0.29) is 5.60 Å². The molecule has 1 atom stereocenters. The van der Waals surface area contributed by atoms with Gasteiger partial charge in [0.25, 0.3) is 5.17 Å². The molecule has 0 spiro atoms. The number of fused-ring (bicyclic) bond motifs is 1. The van der Waals surface area contributed by atoms with Crippen LogP contribution < -0.4 is 5.32 Å². The number of benzene rings is 2. The number of ether oxygens (including phenoxy) is 1. The lowest BCUT2D eigenvalue weighted by atomic mass is 9.80. The lowest BCUT2D eigenvalue weighted by Crippen LogP contribution is -2.27. The van der Waals surface area contributed by atoms with Crippen molar-refractivity contribution in [2.45, 2.75) is 59.0 Å². The summed E-state index contributed by atoms with van der Waals surface area (Å²) in [6.45, 7) is 8.13. The minimum Gasteiger partial charge on any atom is -0.465 e. The Labute approximate surface area is 218 Å². The molecule has 0 saturated carbocycles. The van der Waals surface area contributed by atoms with Crippen molar-refractivity contribution >= 4 is 57.4 Å². The molecule has 0 radical (unpaired) electrons. The van der Waals surface area contributed by atoms with Crippen LogP contribution >= 0.6 is 35.4 Å². The van der Waals surface area contributed by atoms with Crippen molar-refractivity contribution in [2.24, 2.45) is 5.92 Å². The lowest BCUT2D eigenvalue weighted by Gasteiger charge is -2.25. The Morgan fingerprint density at radius 2 is 1.82 bits per heavy atom. The number of hydrogen-bond donors (Lipinski definition) is 1. The first-order chi connectivity index (χ1) is 16.1. The second-order valence-electron chi connectivity index (χ2n) is 10.0. The smallest absolute Gasteiger partial charge is 0.261 e. The summed E-state index contributed by atoms with van der Waals surface area (Å²) in [5.74, 6) is 0.298.